The van der Waals surface area contributed by atoms with Crippen LogP contribution in [0.25, 0.3) is 0 Å². The highest BCUT2D eigenvalue weighted by Crippen LogP contribution is 2.29. The molecule has 1 aliphatic carbocycles. The van der Waals surface area contributed by atoms with Crippen LogP contribution in [0.4, 0.5) is 0 Å². The van der Waals surface area contributed by atoms with Crippen molar-refractivity contribution < 1.29 is 4.74 Å². The summed E-state index contributed by atoms with van der Waals surface area (Å²) in [6.07, 6.45) is 4.29. The Morgan fingerprint density at radius 2 is 2.08 bits per heavy atom. The lowest BCUT2D eigenvalue weighted by atomic mass is 9.82. The van der Waals surface area contributed by atoms with Crippen LogP contribution in [0.15, 0.2) is 0 Å². The highest BCUT2D eigenvalue weighted by Gasteiger charge is 2.28. The van der Waals surface area contributed by atoms with Gasteiger partial charge in [0.1, 0.15) is 0 Å². The molecule has 0 aromatic heterocycles. The molecular weight excluding hydrogens is 162 g/mol. The third-order valence-corrected chi connectivity index (χ3v) is 2.73. The van der Waals surface area contributed by atoms with Crippen molar-refractivity contribution in [2.45, 2.75) is 39.2 Å². The molecule has 0 amide bonds. The van der Waals surface area contributed by atoms with Gasteiger partial charge in [-0.25, -0.2) is 0 Å². The Labute approximate surface area is 82.0 Å². The minimum atomic E-state index is 0.567. The highest BCUT2D eigenvalue weighted by atomic mass is 16.5. The fraction of sp³-hybridized carbons (Fsp3) is 1.00. The van der Waals surface area contributed by atoms with E-state index in [0.717, 1.165) is 25.0 Å². The van der Waals surface area contributed by atoms with Gasteiger partial charge in [0.15, 0.2) is 0 Å². The maximum absolute atomic E-state index is 5.74. The summed E-state index contributed by atoms with van der Waals surface area (Å²) in [5, 5.41) is 3.21. The smallest absolute Gasteiger partial charge is 0.0581 e. The quantitative estimate of drug-likeness (QED) is 0.684. The Morgan fingerprint density at radius 1 is 1.38 bits per heavy atom. The average molecular weight is 185 g/mol. The van der Waals surface area contributed by atoms with Crippen molar-refractivity contribution in [3.8, 4) is 0 Å². The van der Waals surface area contributed by atoms with Crippen LogP contribution in [0.5, 0.6) is 0 Å². The predicted molar refractivity (Wildman–Crippen MR) is 55.8 cm³/mol. The van der Waals surface area contributed by atoms with Crippen LogP contribution >= 0.6 is 0 Å². The van der Waals surface area contributed by atoms with Gasteiger partial charge < -0.3 is 10.1 Å². The Hall–Kier alpha value is -0.0800. The van der Waals surface area contributed by atoms with Crippen LogP contribution in [-0.2, 0) is 4.74 Å². The summed E-state index contributed by atoms with van der Waals surface area (Å²) >= 11 is 0. The van der Waals surface area contributed by atoms with Crippen LogP contribution in [0.1, 0.15) is 33.1 Å². The summed E-state index contributed by atoms with van der Waals surface area (Å²) in [6.45, 7) is 6.60. The molecule has 1 N–H and O–H groups in total. The molecule has 0 heterocycles. The summed E-state index contributed by atoms with van der Waals surface area (Å²) in [7, 11) is 2.02. The first-order chi connectivity index (χ1) is 6.22. The molecule has 0 bridgehead atoms. The van der Waals surface area contributed by atoms with E-state index in [1.54, 1.807) is 0 Å². The molecule has 13 heavy (non-hydrogen) atoms. The van der Waals surface area contributed by atoms with Gasteiger partial charge in [0.05, 0.1) is 6.10 Å². The van der Waals surface area contributed by atoms with Gasteiger partial charge in [-0.15, -0.1) is 0 Å². The Balaban J connectivity index is 1.90. The van der Waals surface area contributed by atoms with Gasteiger partial charge in [-0.05, 0) is 44.7 Å². The first-order valence-electron chi connectivity index (χ1n) is 5.48. The molecule has 0 atom stereocenters. The van der Waals surface area contributed by atoms with Gasteiger partial charge in [0.2, 0.25) is 0 Å². The molecule has 0 spiro atoms. The molecule has 0 radical (unpaired) electrons. The summed E-state index contributed by atoms with van der Waals surface area (Å²) in [4.78, 5) is 0. The van der Waals surface area contributed by atoms with Crippen LogP contribution in [0.3, 0.4) is 0 Å². The van der Waals surface area contributed by atoms with Crippen molar-refractivity contribution in [3.63, 3.8) is 0 Å². The van der Waals surface area contributed by atoms with Crippen molar-refractivity contribution >= 4 is 0 Å². The highest BCUT2D eigenvalue weighted by molar-refractivity contribution is 4.81. The molecule has 1 aliphatic rings. The maximum Gasteiger partial charge on any atom is 0.0581 e. The second kappa shape index (κ2) is 5.61. The largest absolute Gasteiger partial charge is 0.378 e. The molecule has 0 aromatic carbocycles. The lowest BCUT2D eigenvalue weighted by molar-refractivity contribution is -0.0329. The van der Waals surface area contributed by atoms with Crippen molar-refractivity contribution in [1.29, 1.82) is 0 Å². The van der Waals surface area contributed by atoms with E-state index in [2.05, 4.69) is 19.2 Å². The zero-order valence-electron chi connectivity index (χ0n) is 9.18. The monoisotopic (exact) mass is 185 g/mol. The van der Waals surface area contributed by atoms with Gasteiger partial charge >= 0.3 is 0 Å². The van der Waals surface area contributed by atoms with Crippen molar-refractivity contribution in [3.05, 3.63) is 0 Å². The molecule has 1 saturated carbocycles. The first kappa shape index (κ1) is 11.0. The van der Waals surface area contributed by atoms with E-state index < -0.39 is 0 Å². The van der Waals surface area contributed by atoms with Gasteiger partial charge in [0.25, 0.3) is 0 Å². The summed E-state index contributed by atoms with van der Waals surface area (Å²) < 4.78 is 5.74. The summed E-state index contributed by atoms with van der Waals surface area (Å²) in [6, 6.07) is 0. The maximum atomic E-state index is 5.74. The van der Waals surface area contributed by atoms with Crippen LogP contribution in [0.2, 0.25) is 0 Å². The van der Waals surface area contributed by atoms with Crippen molar-refractivity contribution in [2.75, 3.05) is 20.2 Å². The molecule has 1 fully saturated rings. The molecule has 78 valence electrons. The molecule has 0 aliphatic heterocycles. The number of ether oxygens (including phenoxy) is 1. The van der Waals surface area contributed by atoms with Crippen molar-refractivity contribution in [2.24, 2.45) is 11.8 Å². The molecule has 0 aromatic rings. The van der Waals surface area contributed by atoms with Gasteiger partial charge in [-0.3, -0.25) is 0 Å². The molecule has 0 saturated heterocycles. The fourth-order valence-corrected chi connectivity index (χ4v) is 1.74. The number of hydrogen-bond donors (Lipinski definition) is 1. The van der Waals surface area contributed by atoms with Crippen LogP contribution < -0.4 is 5.32 Å². The lowest BCUT2D eigenvalue weighted by Crippen LogP contribution is -2.37. The molecule has 1 rings (SSSR count). The minimum Gasteiger partial charge on any atom is -0.378 e. The van der Waals surface area contributed by atoms with Gasteiger partial charge in [-0.1, -0.05) is 13.8 Å². The zero-order chi connectivity index (χ0) is 9.68. The fourth-order valence-electron chi connectivity index (χ4n) is 1.74. The SMILES string of the molecule is CNCC1CC(OCCC(C)C)C1. The van der Waals surface area contributed by atoms with Crippen molar-refractivity contribution in [1.82, 2.24) is 5.32 Å². The molecule has 2 nitrogen and oxygen atoms in total. The lowest BCUT2D eigenvalue weighted by Gasteiger charge is -2.35. The number of hydrogen-bond acceptors (Lipinski definition) is 2. The minimum absolute atomic E-state index is 0.567. The van der Waals surface area contributed by atoms with E-state index >= 15 is 0 Å². The van der Waals surface area contributed by atoms with E-state index in [4.69, 9.17) is 4.74 Å². The topological polar surface area (TPSA) is 21.3 Å². The van der Waals surface area contributed by atoms with Gasteiger partial charge in [0, 0.05) is 6.61 Å². The summed E-state index contributed by atoms with van der Waals surface area (Å²) in [5.74, 6) is 1.64. The van der Waals surface area contributed by atoms with E-state index in [-0.39, 0.29) is 0 Å². The summed E-state index contributed by atoms with van der Waals surface area (Å²) in [5.41, 5.74) is 0. The molecule has 0 unspecified atom stereocenters. The number of nitrogens with one attached hydrogen (secondary N) is 1. The van der Waals surface area contributed by atoms with Gasteiger partial charge in [-0.2, -0.15) is 0 Å². The normalized spacial score (nSPS) is 27.7. The zero-order valence-corrected chi connectivity index (χ0v) is 9.18. The van der Waals surface area contributed by atoms with E-state index in [9.17, 15) is 0 Å². The Kier molecular flexibility index (Phi) is 4.74. The van der Waals surface area contributed by atoms with Crippen LogP contribution in [-0.4, -0.2) is 26.3 Å². The molecule has 2 heteroatoms. The second-order valence-electron chi connectivity index (χ2n) is 4.57. The first-order valence-corrected chi connectivity index (χ1v) is 5.48. The standard InChI is InChI=1S/C11H23NO/c1-9(2)4-5-13-11-6-10(7-11)8-12-3/h9-12H,4-8H2,1-3H3. The second-order valence-corrected chi connectivity index (χ2v) is 4.57. The van der Waals surface area contributed by atoms with E-state index in [0.29, 0.717) is 6.10 Å². The average Bonchev–Trinajstić information content (AvgIpc) is 1.99. The third kappa shape index (κ3) is 4.10. The predicted octanol–water partition coefficient (Wildman–Crippen LogP) is 2.05. The third-order valence-electron chi connectivity index (χ3n) is 2.73. The Bertz CT molecular complexity index is 130. The van der Waals surface area contributed by atoms with E-state index in [1.807, 2.05) is 7.05 Å². The Morgan fingerprint density at radius 3 is 2.62 bits per heavy atom. The number of rotatable bonds is 6. The molecular formula is C11H23NO. The van der Waals surface area contributed by atoms with Crippen LogP contribution in [0, 0.1) is 11.8 Å². The van der Waals surface area contributed by atoms with E-state index in [1.165, 1.54) is 19.3 Å².